The zero-order valence-corrected chi connectivity index (χ0v) is 15.8. The van der Waals surface area contributed by atoms with Crippen LogP contribution in [0.2, 0.25) is 0 Å². The Kier molecular flexibility index (Phi) is 5.50. The normalized spacial score (nSPS) is 27.6. The lowest BCUT2D eigenvalue weighted by Crippen LogP contribution is -2.60. The number of pyridine rings is 1. The molecule has 1 N–H and O–H groups in total. The van der Waals surface area contributed by atoms with Crippen molar-refractivity contribution in [2.24, 2.45) is 0 Å². The lowest BCUT2D eigenvalue weighted by atomic mass is 9.77. The number of rotatable bonds is 5. The minimum absolute atomic E-state index is 0.0499. The van der Waals surface area contributed by atoms with Crippen molar-refractivity contribution in [3.05, 3.63) is 59.8 Å². The maximum atomic E-state index is 12.3. The van der Waals surface area contributed by atoms with Crippen LogP contribution >= 0.6 is 0 Å². The smallest absolute Gasteiger partial charge is 0.422 e. The van der Waals surface area contributed by atoms with E-state index in [1.807, 2.05) is 18.2 Å². The van der Waals surface area contributed by atoms with Crippen LogP contribution in [0.1, 0.15) is 24.0 Å². The fourth-order valence-corrected chi connectivity index (χ4v) is 4.23. The van der Waals surface area contributed by atoms with Gasteiger partial charge in [-0.25, -0.2) is 4.98 Å². The van der Waals surface area contributed by atoms with E-state index in [4.69, 9.17) is 4.74 Å². The molecule has 2 fully saturated rings. The molecule has 2 aliphatic rings. The van der Waals surface area contributed by atoms with Crippen molar-refractivity contribution < 1.29 is 27.8 Å². The SMILES string of the molecule is OC1(c2ccc(OCC(F)(F)F)nc2)CC2COCC(C1)N2Cc1ccccc1. The molecule has 2 unspecified atom stereocenters. The summed E-state index contributed by atoms with van der Waals surface area (Å²) < 4.78 is 47.2. The Morgan fingerprint density at radius 2 is 1.79 bits per heavy atom. The van der Waals surface area contributed by atoms with Crippen molar-refractivity contribution >= 4 is 0 Å². The second kappa shape index (κ2) is 7.93. The van der Waals surface area contributed by atoms with Gasteiger partial charge in [-0.05, 0) is 24.5 Å². The number of aliphatic hydroxyl groups is 1. The quantitative estimate of drug-likeness (QED) is 0.823. The van der Waals surface area contributed by atoms with Gasteiger partial charge in [-0.2, -0.15) is 13.2 Å². The first-order valence-corrected chi connectivity index (χ1v) is 9.58. The molecule has 0 aliphatic carbocycles. The summed E-state index contributed by atoms with van der Waals surface area (Å²) in [5.41, 5.74) is 0.706. The van der Waals surface area contributed by atoms with Gasteiger partial charge in [0.05, 0.1) is 18.8 Å². The van der Waals surface area contributed by atoms with Crippen LogP contribution in [0.4, 0.5) is 13.2 Å². The van der Waals surface area contributed by atoms with Crippen molar-refractivity contribution in [1.29, 1.82) is 0 Å². The van der Waals surface area contributed by atoms with Gasteiger partial charge in [0, 0.05) is 36.5 Å². The molecular weight excluding hydrogens is 385 g/mol. The Balaban J connectivity index is 1.47. The number of fused-ring (bicyclic) bond motifs is 2. The average Bonchev–Trinajstić information content (AvgIpc) is 2.68. The maximum Gasteiger partial charge on any atom is 0.422 e. The Hall–Kier alpha value is -2.16. The van der Waals surface area contributed by atoms with Crippen LogP contribution < -0.4 is 4.74 Å². The third kappa shape index (κ3) is 4.71. The van der Waals surface area contributed by atoms with Gasteiger partial charge in [-0.1, -0.05) is 30.3 Å². The third-order valence-corrected chi connectivity index (χ3v) is 5.57. The minimum atomic E-state index is -4.42. The number of halogens is 3. The van der Waals surface area contributed by atoms with Crippen LogP contribution in [0, 0.1) is 0 Å². The van der Waals surface area contributed by atoms with E-state index in [0.717, 1.165) is 6.54 Å². The van der Waals surface area contributed by atoms with Crippen LogP contribution in [-0.4, -0.2) is 53.1 Å². The number of aromatic nitrogens is 1. The molecule has 3 heterocycles. The Morgan fingerprint density at radius 3 is 2.38 bits per heavy atom. The Bertz CT molecular complexity index is 800. The zero-order chi connectivity index (χ0) is 20.5. The van der Waals surface area contributed by atoms with Gasteiger partial charge in [0.2, 0.25) is 5.88 Å². The van der Waals surface area contributed by atoms with Crippen LogP contribution in [0.15, 0.2) is 48.7 Å². The number of hydrogen-bond donors (Lipinski definition) is 1. The number of hydrogen-bond acceptors (Lipinski definition) is 5. The molecule has 2 aromatic rings. The lowest BCUT2D eigenvalue weighted by Gasteiger charge is -2.51. The molecule has 1 aromatic heterocycles. The number of benzene rings is 1. The van der Waals surface area contributed by atoms with Crippen molar-refractivity contribution in [3.63, 3.8) is 0 Å². The molecule has 29 heavy (non-hydrogen) atoms. The largest absolute Gasteiger partial charge is 0.468 e. The highest BCUT2D eigenvalue weighted by Crippen LogP contribution is 2.41. The molecule has 2 atom stereocenters. The Labute approximate surface area is 167 Å². The summed E-state index contributed by atoms with van der Waals surface area (Å²) in [6, 6.07) is 13.2. The predicted molar refractivity (Wildman–Crippen MR) is 99.3 cm³/mol. The number of piperidine rings is 1. The van der Waals surface area contributed by atoms with E-state index < -0.39 is 18.4 Å². The predicted octanol–water partition coefficient (Wildman–Crippen LogP) is 3.27. The number of nitrogens with zero attached hydrogens (tertiary/aromatic N) is 2. The van der Waals surface area contributed by atoms with E-state index in [0.29, 0.717) is 31.6 Å². The first kappa shape index (κ1) is 20.1. The second-order valence-corrected chi connectivity index (χ2v) is 7.73. The maximum absolute atomic E-state index is 12.3. The summed E-state index contributed by atoms with van der Waals surface area (Å²) in [4.78, 5) is 6.33. The average molecular weight is 408 g/mol. The van der Waals surface area contributed by atoms with Gasteiger partial charge in [0.1, 0.15) is 0 Å². The third-order valence-electron chi connectivity index (χ3n) is 5.57. The molecule has 0 amide bonds. The summed E-state index contributed by atoms with van der Waals surface area (Å²) in [6.45, 7) is 0.468. The number of alkyl halides is 3. The molecule has 5 nitrogen and oxygen atoms in total. The summed E-state index contributed by atoms with van der Waals surface area (Å²) in [5.74, 6) is -0.111. The van der Waals surface area contributed by atoms with E-state index in [-0.39, 0.29) is 18.0 Å². The van der Waals surface area contributed by atoms with Gasteiger partial charge in [-0.3, -0.25) is 4.90 Å². The molecule has 1 aromatic carbocycles. The van der Waals surface area contributed by atoms with Crippen molar-refractivity contribution in [2.45, 2.75) is 43.2 Å². The van der Waals surface area contributed by atoms with Gasteiger partial charge in [-0.15, -0.1) is 0 Å². The molecule has 156 valence electrons. The van der Waals surface area contributed by atoms with E-state index in [2.05, 4.69) is 26.8 Å². The zero-order valence-electron chi connectivity index (χ0n) is 15.8. The molecule has 4 rings (SSSR count). The molecule has 0 radical (unpaired) electrons. The highest BCUT2D eigenvalue weighted by Gasteiger charge is 2.47. The van der Waals surface area contributed by atoms with Gasteiger partial charge < -0.3 is 14.6 Å². The van der Waals surface area contributed by atoms with Crippen LogP contribution in [0.25, 0.3) is 0 Å². The molecule has 0 saturated carbocycles. The molecule has 2 bridgehead atoms. The molecular formula is C21H23F3N2O3. The first-order valence-electron chi connectivity index (χ1n) is 9.58. The first-order chi connectivity index (χ1) is 13.8. The van der Waals surface area contributed by atoms with Gasteiger partial charge >= 0.3 is 6.18 Å². The summed E-state index contributed by atoms with van der Waals surface area (Å²) in [6.07, 6.45) is -2.06. The van der Waals surface area contributed by atoms with E-state index in [1.165, 1.54) is 17.8 Å². The van der Waals surface area contributed by atoms with Gasteiger partial charge in [0.25, 0.3) is 0 Å². The lowest BCUT2D eigenvalue weighted by molar-refractivity contribution is -0.154. The fraction of sp³-hybridized carbons (Fsp3) is 0.476. The summed E-state index contributed by atoms with van der Waals surface area (Å²) in [5, 5.41) is 11.3. The second-order valence-electron chi connectivity index (χ2n) is 7.73. The molecule has 0 spiro atoms. The molecule has 2 aliphatic heterocycles. The summed E-state index contributed by atoms with van der Waals surface area (Å²) >= 11 is 0. The van der Waals surface area contributed by atoms with Crippen molar-refractivity contribution in [2.75, 3.05) is 19.8 Å². The van der Waals surface area contributed by atoms with E-state index in [9.17, 15) is 18.3 Å². The van der Waals surface area contributed by atoms with E-state index >= 15 is 0 Å². The molecule has 2 saturated heterocycles. The van der Waals surface area contributed by atoms with E-state index in [1.54, 1.807) is 6.07 Å². The number of morpholine rings is 1. The highest BCUT2D eigenvalue weighted by molar-refractivity contribution is 5.26. The van der Waals surface area contributed by atoms with Crippen LogP contribution in [-0.2, 0) is 16.9 Å². The van der Waals surface area contributed by atoms with Crippen LogP contribution in [0.5, 0.6) is 5.88 Å². The van der Waals surface area contributed by atoms with Crippen molar-refractivity contribution in [1.82, 2.24) is 9.88 Å². The van der Waals surface area contributed by atoms with Crippen LogP contribution in [0.3, 0.4) is 0 Å². The van der Waals surface area contributed by atoms with Crippen molar-refractivity contribution in [3.8, 4) is 5.88 Å². The Morgan fingerprint density at radius 1 is 1.10 bits per heavy atom. The monoisotopic (exact) mass is 408 g/mol. The topological polar surface area (TPSA) is 54.8 Å². The van der Waals surface area contributed by atoms with Gasteiger partial charge in [0.15, 0.2) is 6.61 Å². The summed E-state index contributed by atoms with van der Waals surface area (Å²) in [7, 11) is 0. The highest BCUT2D eigenvalue weighted by atomic mass is 19.4. The molecule has 8 heteroatoms. The standard InChI is InChI=1S/C21H23F3N2O3/c22-21(23,24)14-29-19-7-6-16(10-25-19)20(27)8-17-12-28-13-18(9-20)26(17)11-15-4-2-1-3-5-15/h1-7,10,17-18,27H,8-9,11-14H2. The fourth-order valence-electron chi connectivity index (χ4n) is 4.23. The number of ether oxygens (including phenoxy) is 2. The minimum Gasteiger partial charge on any atom is -0.468 e.